The summed E-state index contributed by atoms with van der Waals surface area (Å²) >= 11 is 0. The van der Waals surface area contributed by atoms with Gasteiger partial charge in [0, 0.05) is 26.2 Å². The molecule has 1 heterocycles. The molecule has 0 radical (unpaired) electrons. The summed E-state index contributed by atoms with van der Waals surface area (Å²) in [6, 6.07) is 0.801. The Morgan fingerprint density at radius 3 is 1.95 bits per heavy atom. The zero-order valence-electron chi connectivity index (χ0n) is 15.8. The predicted octanol–water partition coefficient (Wildman–Crippen LogP) is 5.80. The van der Waals surface area contributed by atoms with Crippen molar-refractivity contribution in [3.63, 3.8) is 0 Å². The highest BCUT2D eigenvalue weighted by molar-refractivity contribution is 4.90. The lowest BCUT2D eigenvalue weighted by molar-refractivity contribution is 0.0100. The average Bonchev–Trinajstić information content (AvgIpc) is 2.92. The predicted molar refractivity (Wildman–Crippen MR) is 97.5 cm³/mol. The standard InChI is InChI=1S/C20H41NO/c1-5-7-9-11-13-15-19(14-12-10-8-6-2)21-17-16-20(3,18-21)22-4/h19H,5-18H2,1-4H3/t19?,20-/m0/s1. The van der Waals surface area contributed by atoms with Gasteiger partial charge in [-0.1, -0.05) is 71.6 Å². The summed E-state index contributed by atoms with van der Waals surface area (Å²) in [5.41, 5.74) is 0.101. The summed E-state index contributed by atoms with van der Waals surface area (Å²) in [4.78, 5) is 2.73. The van der Waals surface area contributed by atoms with Crippen LogP contribution in [0.2, 0.25) is 0 Å². The van der Waals surface area contributed by atoms with E-state index in [1.54, 1.807) is 0 Å². The van der Waals surface area contributed by atoms with Gasteiger partial charge in [-0.3, -0.25) is 4.90 Å². The minimum absolute atomic E-state index is 0.101. The van der Waals surface area contributed by atoms with Crippen LogP contribution in [0.25, 0.3) is 0 Å². The second kappa shape index (κ2) is 11.5. The van der Waals surface area contributed by atoms with Crippen molar-refractivity contribution in [3.05, 3.63) is 0 Å². The zero-order chi connectivity index (χ0) is 16.3. The first-order valence-electron chi connectivity index (χ1n) is 9.94. The molecular formula is C20H41NO. The minimum Gasteiger partial charge on any atom is -0.377 e. The molecule has 1 aliphatic heterocycles. The SMILES string of the molecule is CCCCCCCC(CCCCCC)N1CC[C@](C)(OC)C1. The molecule has 0 aromatic rings. The van der Waals surface area contributed by atoms with Gasteiger partial charge >= 0.3 is 0 Å². The Bertz CT molecular complexity index is 268. The fourth-order valence-electron chi connectivity index (χ4n) is 3.75. The van der Waals surface area contributed by atoms with Crippen LogP contribution >= 0.6 is 0 Å². The van der Waals surface area contributed by atoms with Crippen molar-refractivity contribution in [1.29, 1.82) is 0 Å². The highest BCUT2D eigenvalue weighted by atomic mass is 16.5. The van der Waals surface area contributed by atoms with Crippen molar-refractivity contribution in [2.75, 3.05) is 20.2 Å². The van der Waals surface area contributed by atoms with Gasteiger partial charge in [-0.05, 0) is 26.2 Å². The molecular weight excluding hydrogens is 270 g/mol. The summed E-state index contributed by atoms with van der Waals surface area (Å²) in [5.74, 6) is 0. The fraction of sp³-hybridized carbons (Fsp3) is 1.00. The number of likely N-dealkylation sites (tertiary alicyclic amines) is 1. The molecule has 2 heteroatoms. The highest BCUT2D eigenvalue weighted by Gasteiger charge is 2.36. The molecule has 1 unspecified atom stereocenters. The second-order valence-corrected chi connectivity index (χ2v) is 7.58. The first-order chi connectivity index (χ1) is 10.6. The third kappa shape index (κ3) is 7.46. The number of hydrogen-bond donors (Lipinski definition) is 0. The van der Waals surface area contributed by atoms with E-state index < -0.39 is 0 Å². The van der Waals surface area contributed by atoms with Gasteiger partial charge in [0.1, 0.15) is 0 Å². The van der Waals surface area contributed by atoms with Gasteiger partial charge in [0.25, 0.3) is 0 Å². The molecule has 0 bridgehead atoms. The summed E-state index contributed by atoms with van der Waals surface area (Å²) in [5, 5.41) is 0. The molecule has 0 amide bonds. The van der Waals surface area contributed by atoms with Crippen LogP contribution in [-0.2, 0) is 4.74 Å². The first-order valence-corrected chi connectivity index (χ1v) is 9.94. The van der Waals surface area contributed by atoms with E-state index in [0.717, 1.165) is 12.6 Å². The molecule has 0 aliphatic carbocycles. The lowest BCUT2D eigenvalue weighted by Gasteiger charge is -2.30. The van der Waals surface area contributed by atoms with Gasteiger partial charge in [0.15, 0.2) is 0 Å². The molecule has 0 aromatic carbocycles. The zero-order valence-corrected chi connectivity index (χ0v) is 15.8. The molecule has 1 aliphatic rings. The van der Waals surface area contributed by atoms with Crippen LogP contribution in [0.3, 0.4) is 0 Å². The maximum absolute atomic E-state index is 5.74. The maximum atomic E-state index is 5.74. The smallest absolute Gasteiger partial charge is 0.0789 e. The molecule has 2 nitrogen and oxygen atoms in total. The maximum Gasteiger partial charge on any atom is 0.0789 e. The molecule has 132 valence electrons. The molecule has 22 heavy (non-hydrogen) atoms. The van der Waals surface area contributed by atoms with Gasteiger partial charge in [0.2, 0.25) is 0 Å². The van der Waals surface area contributed by atoms with Gasteiger partial charge in [-0.2, -0.15) is 0 Å². The number of ether oxygens (including phenoxy) is 1. The van der Waals surface area contributed by atoms with Crippen molar-refractivity contribution in [2.24, 2.45) is 0 Å². The Morgan fingerprint density at radius 2 is 1.45 bits per heavy atom. The van der Waals surface area contributed by atoms with E-state index in [1.807, 2.05) is 7.11 Å². The molecule has 0 aromatic heterocycles. The minimum atomic E-state index is 0.101. The largest absolute Gasteiger partial charge is 0.377 e. The number of unbranched alkanes of at least 4 members (excludes halogenated alkanes) is 7. The van der Waals surface area contributed by atoms with E-state index in [4.69, 9.17) is 4.74 Å². The van der Waals surface area contributed by atoms with Gasteiger partial charge < -0.3 is 4.74 Å². The normalized spacial score (nSPS) is 24.0. The molecule has 1 fully saturated rings. The first kappa shape index (κ1) is 20.0. The van der Waals surface area contributed by atoms with E-state index in [0.29, 0.717) is 0 Å². The van der Waals surface area contributed by atoms with Crippen molar-refractivity contribution in [1.82, 2.24) is 4.90 Å². The van der Waals surface area contributed by atoms with Crippen molar-refractivity contribution >= 4 is 0 Å². The van der Waals surface area contributed by atoms with Crippen LogP contribution in [0.5, 0.6) is 0 Å². The van der Waals surface area contributed by atoms with Crippen LogP contribution in [0.15, 0.2) is 0 Å². The number of nitrogens with zero attached hydrogens (tertiary/aromatic N) is 1. The van der Waals surface area contributed by atoms with Crippen LogP contribution in [-0.4, -0.2) is 36.7 Å². The Hall–Kier alpha value is -0.0800. The van der Waals surface area contributed by atoms with E-state index >= 15 is 0 Å². The summed E-state index contributed by atoms with van der Waals surface area (Å²) < 4.78 is 5.74. The number of hydrogen-bond acceptors (Lipinski definition) is 2. The van der Waals surface area contributed by atoms with Crippen molar-refractivity contribution in [2.45, 2.75) is 109 Å². The molecule has 1 saturated heterocycles. The topological polar surface area (TPSA) is 12.5 Å². The second-order valence-electron chi connectivity index (χ2n) is 7.58. The van der Waals surface area contributed by atoms with E-state index in [2.05, 4.69) is 25.7 Å². The summed E-state index contributed by atoms with van der Waals surface area (Å²) in [6.07, 6.45) is 16.6. The van der Waals surface area contributed by atoms with E-state index in [1.165, 1.54) is 83.6 Å². The van der Waals surface area contributed by atoms with Crippen LogP contribution < -0.4 is 0 Å². The third-order valence-corrected chi connectivity index (χ3v) is 5.51. The number of methoxy groups -OCH3 is 1. The Labute approximate surface area is 140 Å². The summed E-state index contributed by atoms with van der Waals surface area (Å²) in [6.45, 7) is 9.25. The lowest BCUT2D eigenvalue weighted by Crippen LogP contribution is -2.38. The molecule has 1 rings (SSSR count). The Balaban J connectivity index is 2.36. The third-order valence-electron chi connectivity index (χ3n) is 5.51. The van der Waals surface area contributed by atoms with Crippen LogP contribution in [0.4, 0.5) is 0 Å². The summed E-state index contributed by atoms with van der Waals surface area (Å²) in [7, 11) is 1.88. The Morgan fingerprint density at radius 1 is 0.909 bits per heavy atom. The Kier molecular flexibility index (Phi) is 10.4. The molecule has 0 saturated carbocycles. The van der Waals surface area contributed by atoms with Crippen molar-refractivity contribution < 1.29 is 4.74 Å². The molecule has 0 spiro atoms. The van der Waals surface area contributed by atoms with Crippen LogP contribution in [0.1, 0.15) is 97.8 Å². The van der Waals surface area contributed by atoms with Gasteiger partial charge in [-0.25, -0.2) is 0 Å². The van der Waals surface area contributed by atoms with Crippen LogP contribution in [0, 0.1) is 0 Å². The number of rotatable bonds is 13. The molecule has 0 N–H and O–H groups in total. The fourth-order valence-corrected chi connectivity index (χ4v) is 3.75. The van der Waals surface area contributed by atoms with Gasteiger partial charge in [-0.15, -0.1) is 0 Å². The van der Waals surface area contributed by atoms with Gasteiger partial charge in [0.05, 0.1) is 5.60 Å². The quantitative estimate of drug-likeness (QED) is 0.399. The lowest BCUT2D eigenvalue weighted by atomic mass is 9.99. The van der Waals surface area contributed by atoms with Crippen molar-refractivity contribution in [3.8, 4) is 0 Å². The molecule has 2 atom stereocenters. The highest BCUT2D eigenvalue weighted by Crippen LogP contribution is 2.29. The average molecular weight is 312 g/mol. The van der Waals surface area contributed by atoms with E-state index in [9.17, 15) is 0 Å². The monoisotopic (exact) mass is 311 g/mol. The van der Waals surface area contributed by atoms with E-state index in [-0.39, 0.29) is 5.60 Å².